The number of nitrogens with two attached hydrogens (primary N) is 1. The fourth-order valence-electron chi connectivity index (χ4n) is 2.64. The Kier molecular flexibility index (Phi) is 4.76. The summed E-state index contributed by atoms with van der Waals surface area (Å²) in [6.45, 7) is 0. The van der Waals surface area contributed by atoms with Crippen LogP contribution in [0.15, 0.2) is 36.5 Å². The minimum absolute atomic E-state index is 0.282. The second-order valence-corrected chi connectivity index (χ2v) is 6.06. The number of nitrogens with zero attached hydrogens (tertiary/aromatic N) is 2. The molecule has 0 bridgehead atoms. The molecule has 5 heteroatoms. The highest BCUT2D eigenvalue weighted by molar-refractivity contribution is 5.73. The molecule has 1 aromatic heterocycles. The van der Waals surface area contributed by atoms with Crippen molar-refractivity contribution < 1.29 is 9.53 Å². The fourth-order valence-corrected chi connectivity index (χ4v) is 2.64. The number of carbonyl (C=O) groups is 1. The molecule has 1 aromatic carbocycles. The Hall–Kier alpha value is -2.87. The summed E-state index contributed by atoms with van der Waals surface area (Å²) in [6, 6.07) is 11.5. The van der Waals surface area contributed by atoms with Gasteiger partial charge in [-0.25, -0.2) is 4.98 Å². The van der Waals surface area contributed by atoms with Gasteiger partial charge in [0.15, 0.2) is 0 Å². The third kappa shape index (κ3) is 4.11. The van der Waals surface area contributed by atoms with Gasteiger partial charge < -0.3 is 10.5 Å². The van der Waals surface area contributed by atoms with E-state index >= 15 is 0 Å². The normalized spacial score (nSPS) is 13.3. The van der Waals surface area contributed by atoms with E-state index in [1.165, 1.54) is 0 Å². The molecule has 1 fully saturated rings. The minimum atomic E-state index is -0.282. The zero-order chi connectivity index (χ0) is 16.9. The first-order valence-electron chi connectivity index (χ1n) is 8.11. The summed E-state index contributed by atoms with van der Waals surface area (Å²) < 4.78 is 5.80. The lowest BCUT2D eigenvalue weighted by molar-refractivity contribution is -0.118. The molecule has 2 aromatic rings. The molecule has 1 heterocycles. The number of aromatic nitrogens is 1. The lowest BCUT2D eigenvalue weighted by atomic mass is 10.0. The lowest BCUT2D eigenvalue weighted by Gasteiger charge is -2.08. The quantitative estimate of drug-likeness (QED) is 0.846. The molecule has 1 amide bonds. The van der Waals surface area contributed by atoms with Crippen molar-refractivity contribution in [3.63, 3.8) is 0 Å². The highest BCUT2D eigenvalue weighted by Gasteiger charge is 2.26. The summed E-state index contributed by atoms with van der Waals surface area (Å²) in [7, 11) is 0. The van der Waals surface area contributed by atoms with Crippen LogP contribution in [-0.4, -0.2) is 10.9 Å². The molecule has 122 valence electrons. The Balaban J connectivity index is 1.65. The summed E-state index contributed by atoms with van der Waals surface area (Å²) in [5.74, 6) is 1.42. The minimum Gasteiger partial charge on any atom is -0.439 e. The topological polar surface area (TPSA) is 89.0 Å². The number of hydrogen-bond acceptors (Lipinski definition) is 4. The molecule has 1 aliphatic rings. The van der Waals surface area contributed by atoms with Gasteiger partial charge in [-0.15, -0.1) is 0 Å². The van der Waals surface area contributed by atoms with Gasteiger partial charge in [-0.05, 0) is 60.9 Å². The average Bonchev–Trinajstić information content (AvgIpc) is 3.41. The standard InChI is InChI=1S/C19H19N3O2/c20-11-15-7-8-16(10-17(15)14-5-6-14)24-19-9-4-13(12-22-19)2-1-3-18(21)23/h4,7-10,12,14H,1-3,5-6H2,(H2,21,23). The highest BCUT2D eigenvalue weighted by atomic mass is 16.5. The third-order valence-electron chi connectivity index (χ3n) is 4.07. The van der Waals surface area contributed by atoms with E-state index in [1.54, 1.807) is 18.3 Å². The van der Waals surface area contributed by atoms with Gasteiger partial charge >= 0.3 is 0 Å². The maximum atomic E-state index is 10.7. The predicted octanol–water partition coefficient (Wildman–Crippen LogP) is 3.43. The number of rotatable bonds is 7. The molecule has 1 aliphatic carbocycles. The summed E-state index contributed by atoms with van der Waals surface area (Å²) in [5, 5.41) is 9.18. The van der Waals surface area contributed by atoms with E-state index in [-0.39, 0.29) is 5.91 Å². The van der Waals surface area contributed by atoms with Crippen molar-refractivity contribution in [2.45, 2.75) is 38.0 Å². The Bertz CT molecular complexity index is 774. The van der Waals surface area contributed by atoms with Gasteiger partial charge in [0.1, 0.15) is 5.75 Å². The van der Waals surface area contributed by atoms with Crippen molar-refractivity contribution in [2.75, 3.05) is 0 Å². The van der Waals surface area contributed by atoms with Crippen molar-refractivity contribution in [1.29, 1.82) is 5.26 Å². The monoisotopic (exact) mass is 321 g/mol. The van der Waals surface area contributed by atoms with Crippen molar-refractivity contribution in [2.24, 2.45) is 5.73 Å². The van der Waals surface area contributed by atoms with Crippen molar-refractivity contribution >= 4 is 5.91 Å². The van der Waals surface area contributed by atoms with E-state index in [2.05, 4.69) is 11.1 Å². The van der Waals surface area contributed by atoms with Crippen LogP contribution in [0.5, 0.6) is 11.6 Å². The molecule has 24 heavy (non-hydrogen) atoms. The van der Waals surface area contributed by atoms with Crippen molar-refractivity contribution in [3.05, 3.63) is 53.2 Å². The van der Waals surface area contributed by atoms with Crippen LogP contribution in [0, 0.1) is 11.3 Å². The number of pyridine rings is 1. The maximum Gasteiger partial charge on any atom is 0.219 e. The average molecular weight is 321 g/mol. The lowest BCUT2D eigenvalue weighted by Crippen LogP contribution is -2.10. The first kappa shape index (κ1) is 16.0. The molecule has 0 aliphatic heterocycles. The van der Waals surface area contributed by atoms with Crippen LogP contribution in [0.4, 0.5) is 0 Å². The highest BCUT2D eigenvalue weighted by Crippen LogP contribution is 2.43. The molecule has 0 unspecified atom stereocenters. The molecular weight excluding hydrogens is 302 g/mol. The van der Waals surface area contributed by atoms with E-state index in [0.717, 1.165) is 42.4 Å². The molecule has 0 saturated heterocycles. The number of amides is 1. The molecule has 0 atom stereocenters. The van der Waals surface area contributed by atoms with Crippen molar-refractivity contribution in [1.82, 2.24) is 4.98 Å². The Morgan fingerprint density at radius 2 is 2.17 bits per heavy atom. The summed E-state index contributed by atoms with van der Waals surface area (Å²) >= 11 is 0. The van der Waals surface area contributed by atoms with Gasteiger partial charge in [0, 0.05) is 18.7 Å². The van der Waals surface area contributed by atoms with Gasteiger partial charge in [-0.2, -0.15) is 5.26 Å². The third-order valence-corrected chi connectivity index (χ3v) is 4.07. The molecule has 1 saturated carbocycles. The molecule has 5 nitrogen and oxygen atoms in total. The molecule has 2 N–H and O–H groups in total. The second kappa shape index (κ2) is 7.14. The maximum absolute atomic E-state index is 10.7. The number of ether oxygens (including phenoxy) is 1. The van der Waals surface area contributed by atoms with E-state index in [4.69, 9.17) is 10.5 Å². The largest absolute Gasteiger partial charge is 0.439 e. The summed E-state index contributed by atoms with van der Waals surface area (Å²) in [6.07, 6.45) is 5.89. The smallest absolute Gasteiger partial charge is 0.219 e. The van der Waals surface area contributed by atoms with Gasteiger partial charge in [-0.1, -0.05) is 6.07 Å². The molecular formula is C19H19N3O2. The van der Waals surface area contributed by atoms with Crippen LogP contribution in [0.3, 0.4) is 0 Å². The number of aryl methyl sites for hydroxylation is 1. The van der Waals surface area contributed by atoms with E-state index in [0.29, 0.717) is 24.0 Å². The van der Waals surface area contributed by atoms with Crippen LogP contribution in [0.1, 0.15) is 48.3 Å². The van der Waals surface area contributed by atoms with Crippen LogP contribution in [0.2, 0.25) is 0 Å². The van der Waals surface area contributed by atoms with E-state index < -0.39 is 0 Å². The number of hydrogen-bond donors (Lipinski definition) is 1. The summed E-state index contributed by atoms with van der Waals surface area (Å²) in [4.78, 5) is 15.0. The number of benzene rings is 1. The zero-order valence-corrected chi connectivity index (χ0v) is 13.4. The Morgan fingerprint density at radius 3 is 2.79 bits per heavy atom. The second-order valence-electron chi connectivity index (χ2n) is 6.06. The summed E-state index contributed by atoms with van der Waals surface area (Å²) in [5.41, 5.74) is 7.97. The Labute approximate surface area is 141 Å². The fraction of sp³-hybridized carbons (Fsp3) is 0.316. The molecule has 3 rings (SSSR count). The van der Waals surface area contributed by atoms with Crippen molar-refractivity contribution in [3.8, 4) is 17.7 Å². The number of carbonyl (C=O) groups excluding carboxylic acids is 1. The van der Waals surface area contributed by atoms with Crippen LogP contribution in [-0.2, 0) is 11.2 Å². The van der Waals surface area contributed by atoms with E-state index in [9.17, 15) is 10.1 Å². The van der Waals surface area contributed by atoms with Crippen LogP contribution in [0.25, 0.3) is 0 Å². The van der Waals surface area contributed by atoms with Gasteiger partial charge in [-0.3, -0.25) is 4.79 Å². The molecule has 0 radical (unpaired) electrons. The van der Waals surface area contributed by atoms with Gasteiger partial charge in [0.2, 0.25) is 11.8 Å². The Morgan fingerprint density at radius 1 is 1.33 bits per heavy atom. The van der Waals surface area contributed by atoms with Gasteiger partial charge in [0.25, 0.3) is 0 Å². The zero-order valence-electron chi connectivity index (χ0n) is 13.4. The van der Waals surface area contributed by atoms with Crippen LogP contribution >= 0.6 is 0 Å². The van der Waals surface area contributed by atoms with E-state index in [1.807, 2.05) is 18.2 Å². The first-order chi connectivity index (χ1) is 11.7. The van der Waals surface area contributed by atoms with Gasteiger partial charge in [0.05, 0.1) is 11.6 Å². The number of nitriles is 1. The molecule has 0 spiro atoms. The first-order valence-corrected chi connectivity index (χ1v) is 8.11. The van der Waals surface area contributed by atoms with Crippen LogP contribution < -0.4 is 10.5 Å². The predicted molar refractivity (Wildman–Crippen MR) is 89.6 cm³/mol. The SMILES string of the molecule is N#Cc1ccc(Oc2ccc(CCCC(N)=O)cn2)cc1C1CC1. The number of primary amides is 1.